The number of ether oxygens (including phenoxy) is 1. The third kappa shape index (κ3) is 3.64. The molecule has 1 atom stereocenters. The first-order valence-corrected chi connectivity index (χ1v) is 5.26. The Labute approximate surface area is 91.0 Å². The van der Waals surface area contributed by atoms with Gasteiger partial charge in [0.1, 0.15) is 5.76 Å². The van der Waals surface area contributed by atoms with Gasteiger partial charge in [0, 0.05) is 32.4 Å². The van der Waals surface area contributed by atoms with E-state index in [0.717, 1.165) is 31.2 Å². The van der Waals surface area contributed by atoms with Gasteiger partial charge >= 0.3 is 0 Å². The Morgan fingerprint density at radius 2 is 2.20 bits per heavy atom. The van der Waals surface area contributed by atoms with E-state index in [4.69, 9.17) is 9.26 Å². The first kappa shape index (κ1) is 12.2. The molecule has 1 N–H and O–H groups in total. The molecule has 1 aromatic rings. The molecule has 0 saturated heterocycles. The average molecular weight is 212 g/mol. The highest BCUT2D eigenvalue weighted by atomic mass is 16.5. The van der Waals surface area contributed by atoms with Gasteiger partial charge in [-0.05, 0) is 19.8 Å². The number of hydrogen-bond acceptors (Lipinski definition) is 4. The second-order valence-electron chi connectivity index (χ2n) is 3.99. The van der Waals surface area contributed by atoms with Crippen molar-refractivity contribution in [2.75, 3.05) is 20.3 Å². The summed E-state index contributed by atoms with van der Waals surface area (Å²) in [4.78, 5) is 0. The smallest absolute Gasteiger partial charge is 0.138 e. The number of nitrogens with one attached hydrogen (secondary N) is 1. The van der Waals surface area contributed by atoms with Crippen LogP contribution in [-0.4, -0.2) is 25.4 Å². The second kappa shape index (κ2) is 5.88. The van der Waals surface area contributed by atoms with Gasteiger partial charge in [0.05, 0.1) is 5.69 Å². The highest BCUT2D eigenvalue weighted by Gasteiger charge is 2.08. The highest BCUT2D eigenvalue weighted by molar-refractivity contribution is 5.20. The Hall–Kier alpha value is -0.870. The van der Waals surface area contributed by atoms with E-state index in [1.165, 1.54) is 5.56 Å². The van der Waals surface area contributed by atoms with Crippen molar-refractivity contribution in [3.63, 3.8) is 0 Å². The number of aryl methyl sites for hydroxylation is 2. The van der Waals surface area contributed by atoms with Gasteiger partial charge in [0.2, 0.25) is 0 Å². The summed E-state index contributed by atoms with van der Waals surface area (Å²) in [5.74, 6) is 1.43. The molecule has 0 amide bonds. The van der Waals surface area contributed by atoms with E-state index in [0.29, 0.717) is 5.92 Å². The molecule has 1 unspecified atom stereocenters. The number of aromatic nitrogens is 1. The molecule has 1 heterocycles. The summed E-state index contributed by atoms with van der Waals surface area (Å²) < 4.78 is 10.2. The zero-order valence-corrected chi connectivity index (χ0v) is 9.96. The molecule has 1 rings (SSSR count). The summed E-state index contributed by atoms with van der Waals surface area (Å²) >= 11 is 0. The first-order chi connectivity index (χ1) is 7.15. The van der Waals surface area contributed by atoms with Crippen LogP contribution < -0.4 is 5.32 Å². The van der Waals surface area contributed by atoms with Crippen molar-refractivity contribution < 1.29 is 9.26 Å². The molecule has 0 saturated carbocycles. The molecule has 15 heavy (non-hydrogen) atoms. The molecule has 1 aromatic heterocycles. The monoisotopic (exact) mass is 212 g/mol. The van der Waals surface area contributed by atoms with Crippen molar-refractivity contribution in [3.05, 3.63) is 17.0 Å². The maximum atomic E-state index is 5.09. The van der Waals surface area contributed by atoms with E-state index in [1.807, 2.05) is 13.8 Å². The summed E-state index contributed by atoms with van der Waals surface area (Å²) in [6.45, 7) is 8.60. The van der Waals surface area contributed by atoms with Gasteiger partial charge in [-0.3, -0.25) is 0 Å². The van der Waals surface area contributed by atoms with Crippen molar-refractivity contribution in [1.29, 1.82) is 0 Å². The molecule has 0 aliphatic heterocycles. The van der Waals surface area contributed by atoms with Crippen molar-refractivity contribution in [3.8, 4) is 0 Å². The van der Waals surface area contributed by atoms with Gasteiger partial charge < -0.3 is 14.6 Å². The van der Waals surface area contributed by atoms with Gasteiger partial charge in [-0.1, -0.05) is 12.1 Å². The SMILES string of the molecule is COCC(C)CNCc1c(C)noc1C. The van der Waals surface area contributed by atoms with Crippen LogP contribution in [-0.2, 0) is 11.3 Å². The van der Waals surface area contributed by atoms with Crippen LogP contribution in [0.5, 0.6) is 0 Å². The number of nitrogens with zero attached hydrogens (tertiary/aromatic N) is 1. The quantitative estimate of drug-likeness (QED) is 0.779. The molecule has 0 aromatic carbocycles. The fourth-order valence-electron chi connectivity index (χ4n) is 1.54. The standard InChI is InChI=1S/C11H20N2O2/c1-8(7-14-4)5-12-6-11-9(2)13-15-10(11)3/h8,12H,5-7H2,1-4H3. The molecule has 86 valence electrons. The van der Waals surface area contributed by atoms with E-state index in [-0.39, 0.29) is 0 Å². The van der Waals surface area contributed by atoms with E-state index in [1.54, 1.807) is 7.11 Å². The Kier molecular flexibility index (Phi) is 4.78. The van der Waals surface area contributed by atoms with Crippen LogP contribution >= 0.6 is 0 Å². The lowest BCUT2D eigenvalue weighted by Gasteiger charge is -2.10. The van der Waals surface area contributed by atoms with Crippen LogP contribution in [0.2, 0.25) is 0 Å². The minimum absolute atomic E-state index is 0.524. The van der Waals surface area contributed by atoms with Gasteiger partial charge in [-0.2, -0.15) is 0 Å². The minimum atomic E-state index is 0.524. The molecular weight excluding hydrogens is 192 g/mol. The summed E-state index contributed by atoms with van der Waals surface area (Å²) in [5, 5.41) is 7.28. The van der Waals surface area contributed by atoms with Crippen LogP contribution in [0, 0.1) is 19.8 Å². The molecule has 4 nitrogen and oxygen atoms in total. The molecule has 0 aliphatic rings. The van der Waals surface area contributed by atoms with Gasteiger partial charge in [0.15, 0.2) is 0 Å². The largest absolute Gasteiger partial charge is 0.384 e. The lowest BCUT2D eigenvalue weighted by Crippen LogP contribution is -2.23. The van der Waals surface area contributed by atoms with E-state index in [2.05, 4.69) is 17.4 Å². The van der Waals surface area contributed by atoms with Gasteiger partial charge in [0.25, 0.3) is 0 Å². The third-order valence-corrected chi connectivity index (χ3v) is 2.43. The van der Waals surface area contributed by atoms with E-state index < -0.39 is 0 Å². The van der Waals surface area contributed by atoms with Crippen LogP contribution in [0.4, 0.5) is 0 Å². The second-order valence-corrected chi connectivity index (χ2v) is 3.99. The summed E-state index contributed by atoms with van der Waals surface area (Å²) in [5.41, 5.74) is 2.14. The Morgan fingerprint density at radius 1 is 1.47 bits per heavy atom. The van der Waals surface area contributed by atoms with E-state index >= 15 is 0 Å². The van der Waals surface area contributed by atoms with Crippen molar-refractivity contribution in [1.82, 2.24) is 10.5 Å². The van der Waals surface area contributed by atoms with Crippen molar-refractivity contribution in [2.24, 2.45) is 5.92 Å². The van der Waals surface area contributed by atoms with Crippen molar-refractivity contribution in [2.45, 2.75) is 27.3 Å². The number of hydrogen-bond donors (Lipinski definition) is 1. The maximum Gasteiger partial charge on any atom is 0.138 e. The molecule has 0 radical (unpaired) electrons. The Balaban J connectivity index is 2.31. The van der Waals surface area contributed by atoms with Crippen LogP contribution in [0.25, 0.3) is 0 Å². The fourth-order valence-corrected chi connectivity index (χ4v) is 1.54. The Morgan fingerprint density at radius 3 is 2.73 bits per heavy atom. The molecule has 0 bridgehead atoms. The number of methoxy groups -OCH3 is 1. The topological polar surface area (TPSA) is 47.3 Å². The first-order valence-electron chi connectivity index (χ1n) is 5.26. The van der Waals surface area contributed by atoms with Gasteiger partial charge in [-0.15, -0.1) is 0 Å². The summed E-state index contributed by atoms with van der Waals surface area (Å²) in [7, 11) is 1.73. The predicted octanol–water partition coefficient (Wildman–Crippen LogP) is 1.66. The van der Waals surface area contributed by atoms with Crippen LogP contribution in [0.1, 0.15) is 23.9 Å². The number of rotatable bonds is 6. The van der Waals surface area contributed by atoms with Crippen molar-refractivity contribution >= 4 is 0 Å². The zero-order chi connectivity index (χ0) is 11.3. The maximum absolute atomic E-state index is 5.09. The Bertz CT molecular complexity index is 277. The lowest BCUT2D eigenvalue weighted by molar-refractivity contribution is 0.158. The molecule has 4 heteroatoms. The predicted molar refractivity (Wildman–Crippen MR) is 58.7 cm³/mol. The molecule has 0 aliphatic carbocycles. The zero-order valence-electron chi connectivity index (χ0n) is 9.96. The molecular formula is C11H20N2O2. The van der Waals surface area contributed by atoms with Crippen LogP contribution in [0.15, 0.2) is 4.52 Å². The lowest BCUT2D eigenvalue weighted by atomic mass is 10.1. The van der Waals surface area contributed by atoms with Crippen LogP contribution in [0.3, 0.4) is 0 Å². The average Bonchev–Trinajstić information content (AvgIpc) is 2.49. The highest BCUT2D eigenvalue weighted by Crippen LogP contribution is 2.11. The third-order valence-electron chi connectivity index (χ3n) is 2.43. The van der Waals surface area contributed by atoms with E-state index in [9.17, 15) is 0 Å². The fraction of sp³-hybridized carbons (Fsp3) is 0.727. The minimum Gasteiger partial charge on any atom is -0.384 e. The summed E-state index contributed by atoms with van der Waals surface area (Å²) in [6, 6.07) is 0. The molecule has 0 fully saturated rings. The molecule has 0 spiro atoms. The normalized spacial score (nSPS) is 13.1. The van der Waals surface area contributed by atoms with Gasteiger partial charge in [-0.25, -0.2) is 0 Å². The summed E-state index contributed by atoms with van der Waals surface area (Å²) in [6.07, 6.45) is 0.